The highest BCUT2D eigenvalue weighted by Crippen LogP contribution is 2.36. The third kappa shape index (κ3) is 4.97. The van der Waals surface area contributed by atoms with E-state index in [1.54, 1.807) is 0 Å². The van der Waals surface area contributed by atoms with Crippen molar-refractivity contribution in [3.63, 3.8) is 0 Å². The molecule has 0 aromatic rings. The summed E-state index contributed by atoms with van der Waals surface area (Å²) in [5.41, 5.74) is -0.550. The fraction of sp³-hybridized carbons (Fsp3) is 0.944. The number of rotatable bonds is 3. The monoisotopic (exact) mass is 435 g/mol. The van der Waals surface area contributed by atoms with Crippen molar-refractivity contribution in [1.82, 2.24) is 10.2 Å². The van der Waals surface area contributed by atoms with Crippen LogP contribution in [-0.2, 0) is 0 Å². The van der Waals surface area contributed by atoms with Crippen LogP contribution in [0.1, 0.15) is 64.7 Å². The zero-order valence-corrected chi connectivity index (χ0v) is 16.9. The van der Waals surface area contributed by atoms with Gasteiger partial charge >= 0.3 is 0 Å². The fourth-order valence-corrected chi connectivity index (χ4v) is 4.59. The van der Waals surface area contributed by atoms with Crippen LogP contribution in [0, 0.1) is 11.8 Å². The molecule has 1 heterocycles. The van der Waals surface area contributed by atoms with E-state index < -0.39 is 5.60 Å². The first-order valence-electron chi connectivity index (χ1n) is 9.46. The molecule has 2 atom stereocenters. The molecule has 0 aromatic heterocycles. The summed E-state index contributed by atoms with van der Waals surface area (Å²) >= 11 is 0. The number of halogens is 1. The van der Waals surface area contributed by atoms with E-state index in [1.165, 1.54) is 32.1 Å². The van der Waals surface area contributed by atoms with Crippen LogP contribution in [0.4, 0.5) is 0 Å². The molecule has 0 amide bonds. The summed E-state index contributed by atoms with van der Waals surface area (Å²) in [6, 6.07) is 0. The first-order chi connectivity index (χ1) is 10.7. The van der Waals surface area contributed by atoms with Crippen LogP contribution >= 0.6 is 24.0 Å². The second-order valence-electron chi connectivity index (χ2n) is 7.66. The average molecular weight is 435 g/mol. The molecule has 5 heteroatoms. The van der Waals surface area contributed by atoms with Crippen molar-refractivity contribution < 1.29 is 5.11 Å². The van der Waals surface area contributed by atoms with Crippen molar-refractivity contribution >= 4 is 29.9 Å². The van der Waals surface area contributed by atoms with E-state index in [1.807, 2.05) is 0 Å². The molecule has 3 rings (SSSR count). The third-order valence-corrected chi connectivity index (χ3v) is 5.92. The van der Waals surface area contributed by atoms with E-state index in [0.717, 1.165) is 63.1 Å². The van der Waals surface area contributed by atoms with Crippen LogP contribution < -0.4 is 5.32 Å². The lowest BCUT2D eigenvalue weighted by Crippen LogP contribution is -2.42. The molecule has 1 saturated heterocycles. The lowest BCUT2D eigenvalue weighted by Gasteiger charge is -2.31. The van der Waals surface area contributed by atoms with Crippen LogP contribution in [0.15, 0.2) is 4.99 Å². The van der Waals surface area contributed by atoms with Crippen LogP contribution in [0.2, 0.25) is 0 Å². The maximum atomic E-state index is 10.7. The minimum atomic E-state index is -0.550. The molecule has 2 N–H and O–H groups in total. The van der Waals surface area contributed by atoms with E-state index in [9.17, 15) is 5.11 Å². The Hall–Kier alpha value is -0.0400. The number of nitrogens with one attached hydrogen (secondary N) is 1. The molecule has 0 aromatic carbocycles. The minimum absolute atomic E-state index is 0. The molecule has 4 nitrogen and oxygen atoms in total. The summed E-state index contributed by atoms with van der Waals surface area (Å²) in [4.78, 5) is 7.28. The minimum Gasteiger partial charge on any atom is -0.388 e. The second-order valence-corrected chi connectivity index (χ2v) is 7.66. The van der Waals surface area contributed by atoms with Crippen molar-refractivity contribution in [2.45, 2.75) is 70.3 Å². The first-order valence-corrected chi connectivity index (χ1v) is 9.46. The number of hydrogen-bond donors (Lipinski definition) is 2. The van der Waals surface area contributed by atoms with Crippen LogP contribution in [0.5, 0.6) is 0 Å². The number of aliphatic imine (C=N–C) groups is 1. The van der Waals surface area contributed by atoms with Gasteiger partial charge < -0.3 is 15.3 Å². The molecule has 2 unspecified atom stereocenters. The molecule has 0 bridgehead atoms. The number of likely N-dealkylation sites (tertiary alicyclic amines) is 1. The van der Waals surface area contributed by atoms with Gasteiger partial charge in [0.2, 0.25) is 0 Å². The van der Waals surface area contributed by atoms with Gasteiger partial charge in [-0.25, -0.2) is 0 Å². The van der Waals surface area contributed by atoms with E-state index in [0.29, 0.717) is 6.54 Å². The van der Waals surface area contributed by atoms with Gasteiger partial charge in [0, 0.05) is 19.6 Å². The summed E-state index contributed by atoms with van der Waals surface area (Å²) in [6.07, 6.45) is 11.0. The molecule has 0 radical (unpaired) electrons. The average Bonchev–Trinajstić information content (AvgIpc) is 2.96. The predicted molar refractivity (Wildman–Crippen MR) is 106 cm³/mol. The highest BCUT2D eigenvalue weighted by atomic mass is 127. The molecule has 23 heavy (non-hydrogen) atoms. The Morgan fingerprint density at radius 1 is 1.09 bits per heavy atom. The summed E-state index contributed by atoms with van der Waals surface area (Å²) in [7, 11) is 0. The summed E-state index contributed by atoms with van der Waals surface area (Å²) in [5.74, 6) is 2.78. The maximum Gasteiger partial charge on any atom is 0.194 e. The number of guanidine groups is 1. The van der Waals surface area contributed by atoms with Crippen molar-refractivity contribution in [2.75, 3.05) is 26.2 Å². The van der Waals surface area contributed by atoms with Gasteiger partial charge in [-0.1, -0.05) is 32.1 Å². The summed E-state index contributed by atoms with van der Waals surface area (Å²) < 4.78 is 0. The Morgan fingerprint density at radius 2 is 1.70 bits per heavy atom. The molecule has 2 saturated carbocycles. The zero-order chi connectivity index (χ0) is 15.4. The van der Waals surface area contributed by atoms with E-state index in [-0.39, 0.29) is 24.0 Å². The Balaban J connectivity index is 0.00000192. The second kappa shape index (κ2) is 8.88. The quantitative estimate of drug-likeness (QED) is 0.406. The molecule has 1 aliphatic heterocycles. The van der Waals surface area contributed by atoms with Gasteiger partial charge in [-0.15, -0.1) is 24.0 Å². The Morgan fingerprint density at radius 3 is 2.26 bits per heavy atom. The van der Waals surface area contributed by atoms with E-state index >= 15 is 0 Å². The fourth-order valence-electron chi connectivity index (χ4n) is 4.59. The summed E-state index contributed by atoms with van der Waals surface area (Å²) in [6.45, 7) is 5.93. The van der Waals surface area contributed by atoms with Gasteiger partial charge in [-0.05, 0) is 44.4 Å². The zero-order valence-electron chi connectivity index (χ0n) is 14.6. The molecule has 3 aliphatic rings. The van der Waals surface area contributed by atoms with Crippen molar-refractivity contribution in [1.29, 1.82) is 0 Å². The van der Waals surface area contributed by atoms with Gasteiger partial charge in [0.25, 0.3) is 0 Å². The summed E-state index contributed by atoms with van der Waals surface area (Å²) in [5, 5.41) is 14.1. The molecular weight excluding hydrogens is 401 g/mol. The van der Waals surface area contributed by atoms with Gasteiger partial charge in [0.05, 0.1) is 12.1 Å². The van der Waals surface area contributed by atoms with E-state index in [2.05, 4.69) is 17.1 Å². The number of fused-ring (bicyclic) bond motifs is 1. The molecule has 2 aliphatic carbocycles. The molecule has 134 valence electrons. The number of nitrogens with zero attached hydrogens (tertiary/aromatic N) is 2. The van der Waals surface area contributed by atoms with Crippen molar-refractivity contribution in [3.8, 4) is 0 Å². The number of aliphatic hydroxyl groups is 1. The molecule has 3 fully saturated rings. The maximum absolute atomic E-state index is 10.7. The van der Waals surface area contributed by atoms with Crippen molar-refractivity contribution in [2.24, 2.45) is 16.8 Å². The molecule has 0 spiro atoms. The Kier molecular flexibility index (Phi) is 7.45. The van der Waals surface area contributed by atoms with Gasteiger partial charge in [-0.2, -0.15) is 0 Å². The topological polar surface area (TPSA) is 47.9 Å². The van der Waals surface area contributed by atoms with Gasteiger partial charge in [-0.3, -0.25) is 4.99 Å². The highest BCUT2D eigenvalue weighted by molar-refractivity contribution is 14.0. The standard InChI is InChI=1S/C18H33N3O.HI/c1-2-19-17(20-14-18(22)10-6-3-7-11-18)21-12-15-8-4-5-9-16(15)13-21;/h15-16,22H,2-14H2,1H3,(H,19,20);1H. The van der Waals surface area contributed by atoms with E-state index in [4.69, 9.17) is 4.99 Å². The van der Waals surface area contributed by atoms with Crippen molar-refractivity contribution in [3.05, 3.63) is 0 Å². The SMILES string of the molecule is CCNC(=NCC1(O)CCCCC1)N1CC2CCCCC2C1.I. The lowest BCUT2D eigenvalue weighted by molar-refractivity contribution is 0.0130. The van der Waals surface area contributed by atoms with Gasteiger partial charge in [0.1, 0.15) is 0 Å². The smallest absolute Gasteiger partial charge is 0.194 e. The van der Waals surface area contributed by atoms with Crippen LogP contribution in [0.25, 0.3) is 0 Å². The lowest BCUT2D eigenvalue weighted by atomic mass is 9.82. The Labute approximate surface area is 158 Å². The molecular formula is C18H34IN3O. The normalized spacial score (nSPS) is 30.5. The van der Waals surface area contributed by atoms with Crippen LogP contribution in [0.3, 0.4) is 0 Å². The number of hydrogen-bond acceptors (Lipinski definition) is 2. The largest absolute Gasteiger partial charge is 0.388 e. The highest BCUT2D eigenvalue weighted by Gasteiger charge is 2.36. The Bertz CT molecular complexity index is 382. The first kappa shape index (κ1) is 19.3. The van der Waals surface area contributed by atoms with Crippen LogP contribution in [-0.4, -0.2) is 47.7 Å². The third-order valence-electron chi connectivity index (χ3n) is 5.92. The van der Waals surface area contributed by atoms with Gasteiger partial charge in [0.15, 0.2) is 5.96 Å². The predicted octanol–water partition coefficient (Wildman–Crippen LogP) is 3.39.